The molecule has 1 fully saturated rings. The first-order chi connectivity index (χ1) is 18.9. The standard InChI is InChI=1S/C32H39N3O4/c1-4-20-15-22-17-24(18-23(22)16-21(20)5-2)33-19-28(36)26-7-9-29(32-27(26)8-10-30(37)34-32)39-25-11-13-35(14-12-25)31(38)6-3/h6-10,15-16,24-25,28,33,36H,3-5,11-14,17-19H2,1-2H3,(H,34,37)/t28-/m1/s1. The molecule has 7 heteroatoms. The summed E-state index contributed by atoms with van der Waals surface area (Å²) in [6.45, 7) is 9.63. The van der Waals surface area contributed by atoms with Crippen LogP contribution in [-0.2, 0) is 30.5 Å². The molecule has 1 aliphatic carbocycles. The van der Waals surface area contributed by atoms with E-state index in [9.17, 15) is 14.7 Å². The first kappa shape index (κ1) is 27.2. The molecule has 0 unspecified atom stereocenters. The van der Waals surface area contributed by atoms with Gasteiger partial charge in [0.15, 0.2) is 0 Å². The molecule has 1 saturated heterocycles. The first-order valence-corrected chi connectivity index (χ1v) is 14.2. The molecular formula is C32H39N3O4. The molecule has 0 bridgehead atoms. The van der Waals surface area contributed by atoms with Gasteiger partial charge in [0, 0.05) is 50.0 Å². The predicted molar refractivity (Wildman–Crippen MR) is 154 cm³/mol. The Balaban J connectivity index is 1.27. The lowest BCUT2D eigenvalue weighted by Crippen LogP contribution is -2.41. The van der Waals surface area contributed by atoms with E-state index in [0.717, 1.165) is 36.6 Å². The summed E-state index contributed by atoms with van der Waals surface area (Å²) in [4.78, 5) is 28.8. The highest BCUT2D eigenvalue weighted by Gasteiger charge is 2.26. The highest BCUT2D eigenvalue weighted by molar-refractivity contribution is 5.88. The number of nitrogens with one attached hydrogen (secondary N) is 2. The fourth-order valence-electron chi connectivity index (χ4n) is 6.10. The summed E-state index contributed by atoms with van der Waals surface area (Å²) in [5, 5.41) is 15.6. The fraction of sp³-hybridized carbons (Fsp3) is 0.438. The number of amides is 1. The highest BCUT2D eigenvalue weighted by Crippen LogP contribution is 2.32. The van der Waals surface area contributed by atoms with E-state index in [2.05, 4.69) is 42.9 Å². The number of ether oxygens (including phenoxy) is 1. The van der Waals surface area contributed by atoms with Crippen LogP contribution in [0.4, 0.5) is 0 Å². The van der Waals surface area contributed by atoms with Crippen LogP contribution in [-0.4, -0.2) is 52.7 Å². The molecule has 1 amide bonds. The van der Waals surface area contributed by atoms with E-state index in [0.29, 0.717) is 49.8 Å². The maximum Gasteiger partial charge on any atom is 0.248 e. The molecule has 1 atom stereocenters. The van der Waals surface area contributed by atoms with Crippen LogP contribution in [0.15, 0.2) is 53.8 Å². The van der Waals surface area contributed by atoms with Gasteiger partial charge in [-0.25, -0.2) is 0 Å². The molecule has 3 aromatic rings. The Morgan fingerprint density at radius 2 is 1.79 bits per heavy atom. The van der Waals surface area contributed by atoms with Crippen LogP contribution in [0.5, 0.6) is 5.75 Å². The van der Waals surface area contributed by atoms with Gasteiger partial charge in [0.05, 0.1) is 11.6 Å². The summed E-state index contributed by atoms with van der Waals surface area (Å²) in [6, 6.07) is 12.0. The summed E-state index contributed by atoms with van der Waals surface area (Å²) in [5.74, 6) is 0.526. The molecular weight excluding hydrogens is 490 g/mol. The van der Waals surface area contributed by atoms with Crippen LogP contribution in [0.3, 0.4) is 0 Å². The number of benzene rings is 2. The molecule has 0 radical (unpaired) electrons. The molecule has 1 aromatic heterocycles. The number of aromatic nitrogens is 1. The molecule has 2 aromatic carbocycles. The van der Waals surface area contributed by atoms with Crippen molar-refractivity contribution in [3.8, 4) is 5.75 Å². The highest BCUT2D eigenvalue weighted by atomic mass is 16.5. The average Bonchev–Trinajstić information content (AvgIpc) is 3.37. The van der Waals surface area contributed by atoms with E-state index >= 15 is 0 Å². The number of aromatic amines is 1. The molecule has 5 rings (SSSR count). The van der Waals surface area contributed by atoms with Crippen LogP contribution in [0, 0.1) is 0 Å². The largest absolute Gasteiger partial charge is 0.488 e. The second-order valence-electron chi connectivity index (χ2n) is 10.7. The number of fused-ring (bicyclic) bond motifs is 2. The van der Waals surface area contributed by atoms with E-state index in [1.807, 2.05) is 12.1 Å². The van der Waals surface area contributed by atoms with Gasteiger partial charge >= 0.3 is 0 Å². The van der Waals surface area contributed by atoms with Crippen molar-refractivity contribution in [2.24, 2.45) is 0 Å². The van der Waals surface area contributed by atoms with Crippen molar-refractivity contribution < 1.29 is 14.6 Å². The first-order valence-electron chi connectivity index (χ1n) is 14.2. The van der Waals surface area contributed by atoms with Gasteiger partial charge in [0.2, 0.25) is 11.5 Å². The molecule has 2 aliphatic rings. The Morgan fingerprint density at radius 1 is 1.13 bits per heavy atom. The van der Waals surface area contributed by atoms with E-state index < -0.39 is 6.10 Å². The number of H-pyrrole nitrogens is 1. The van der Waals surface area contributed by atoms with Crippen molar-refractivity contribution in [2.75, 3.05) is 19.6 Å². The quantitative estimate of drug-likeness (QED) is 0.364. The van der Waals surface area contributed by atoms with Crippen molar-refractivity contribution in [1.82, 2.24) is 15.2 Å². The lowest BCUT2D eigenvalue weighted by atomic mass is 9.97. The third kappa shape index (κ3) is 5.80. The molecule has 1 aliphatic heterocycles. The SMILES string of the molecule is C=CC(=O)N1CCC(Oc2ccc([C@H](O)CNC3Cc4cc(CC)c(CC)cc4C3)c3ccc(=O)[nH]c23)CC1. The van der Waals surface area contributed by atoms with E-state index in [-0.39, 0.29) is 17.6 Å². The number of rotatable bonds is 9. The lowest BCUT2D eigenvalue weighted by Gasteiger charge is -2.31. The van der Waals surface area contributed by atoms with Crippen LogP contribution in [0.2, 0.25) is 0 Å². The lowest BCUT2D eigenvalue weighted by molar-refractivity contribution is -0.127. The number of pyridine rings is 1. The summed E-state index contributed by atoms with van der Waals surface area (Å²) >= 11 is 0. The van der Waals surface area contributed by atoms with Crippen LogP contribution >= 0.6 is 0 Å². The number of hydrogen-bond donors (Lipinski definition) is 3. The second-order valence-corrected chi connectivity index (χ2v) is 10.7. The van der Waals surface area contributed by atoms with E-state index in [1.165, 1.54) is 34.4 Å². The fourth-order valence-corrected chi connectivity index (χ4v) is 6.10. The molecule has 0 spiro atoms. The summed E-state index contributed by atoms with van der Waals surface area (Å²) in [6.07, 6.45) is 6.00. The van der Waals surface area contributed by atoms with Gasteiger partial charge in [-0.15, -0.1) is 0 Å². The number of nitrogens with zero attached hydrogens (tertiary/aromatic N) is 1. The zero-order valence-corrected chi connectivity index (χ0v) is 23.0. The van der Waals surface area contributed by atoms with Gasteiger partial charge in [-0.1, -0.05) is 38.6 Å². The van der Waals surface area contributed by atoms with Gasteiger partial charge in [0.1, 0.15) is 11.9 Å². The van der Waals surface area contributed by atoms with Crippen molar-refractivity contribution in [2.45, 2.75) is 70.6 Å². The maximum absolute atomic E-state index is 12.2. The number of aliphatic hydroxyl groups is 1. The molecule has 3 N–H and O–H groups in total. The van der Waals surface area contributed by atoms with Crippen LogP contribution in [0.25, 0.3) is 10.9 Å². The maximum atomic E-state index is 12.2. The third-order valence-corrected chi connectivity index (χ3v) is 8.29. The number of carbonyl (C=O) groups excluding carboxylic acids is 1. The van der Waals surface area contributed by atoms with Gasteiger partial charge in [0.25, 0.3) is 0 Å². The van der Waals surface area contributed by atoms with Crippen molar-refractivity contribution in [3.05, 3.63) is 87.2 Å². The minimum absolute atomic E-state index is 0.0614. The summed E-state index contributed by atoms with van der Waals surface area (Å²) < 4.78 is 6.30. The minimum atomic E-state index is -0.735. The van der Waals surface area contributed by atoms with Gasteiger partial charge in [-0.05, 0) is 71.7 Å². The summed E-state index contributed by atoms with van der Waals surface area (Å²) in [7, 11) is 0. The van der Waals surface area contributed by atoms with Crippen molar-refractivity contribution in [1.29, 1.82) is 0 Å². The normalized spacial score (nSPS) is 16.8. The molecule has 2 heterocycles. The van der Waals surface area contributed by atoms with Crippen molar-refractivity contribution in [3.63, 3.8) is 0 Å². The zero-order valence-electron chi connectivity index (χ0n) is 23.0. The van der Waals surface area contributed by atoms with Gasteiger partial charge in [-0.2, -0.15) is 0 Å². The third-order valence-electron chi connectivity index (χ3n) is 8.29. The molecule has 39 heavy (non-hydrogen) atoms. The van der Waals surface area contributed by atoms with Gasteiger partial charge < -0.3 is 25.0 Å². The Labute approximate surface area is 229 Å². The number of aryl methyl sites for hydroxylation is 2. The number of carbonyl (C=O) groups is 1. The van der Waals surface area contributed by atoms with Crippen LogP contribution in [0.1, 0.15) is 60.6 Å². The average molecular weight is 530 g/mol. The van der Waals surface area contributed by atoms with Crippen LogP contribution < -0.4 is 15.6 Å². The number of likely N-dealkylation sites (tertiary alicyclic amines) is 1. The minimum Gasteiger partial charge on any atom is -0.488 e. The Kier molecular flexibility index (Phi) is 8.19. The summed E-state index contributed by atoms with van der Waals surface area (Å²) in [5.41, 5.74) is 6.84. The smallest absolute Gasteiger partial charge is 0.248 e. The Hall–Kier alpha value is -3.42. The van der Waals surface area contributed by atoms with E-state index in [1.54, 1.807) is 11.0 Å². The van der Waals surface area contributed by atoms with E-state index in [4.69, 9.17) is 4.74 Å². The predicted octanol–water partition coefficient (Wildman–Crippen LogP) is 4.00. The number of piperidine rings is 1. The number of aliphatic hydroxyl groups excluding tert-OH is 1. The molecule has 7 nitrogen and oxygen atoms in total. The Morgan fingerprint density at radius 3 is 2.41 bits per heavy atom. The van der Waals surface area contributed by atoms with Gasteiger partial charge in [-0.3, -0.25) is 9.59 Å². The zero-order chi connectivity index (χ0) is 27.5. The topological polar surface area (TPSA) is 94.7 Å². The number of hydrogen-bond acceptors (Lipinski definition) is 5. The molecule has 206 valence electrons. The monoisotopic (exact) mass is 529 g/mol. The Bertz CT molecular complexity index is 1390. The van der Waals surface area contributed by atoms with Crippen molar-refractivity contribution >= 4 is 16.8 Å². The molecule has 0 saturated carbocycles. The second kappa shape index (κ2) is 11.8.